The first-order valence-corrected chi connectivity index (χ1v) is 3.90. The zero-order valence-electron chi connectivity index (χ0n) is 9.41. The van der Waals surface area contributed by atoms with Gasteiger partial charge in [0.05, 0.1) is 0 Å². The van der Waals surface area contributed by atoms with Crippen LogP contribution < -0.4 is 5.56 Å². The van der Waals surface area contributed by atoms with Crippen molar-refractivity contribution in [2.75, 3.05) is 0 Å². The fraction of sp³-hybridized carbons (Fsp3) is 0.182. The molecule has 0 saturated heterocycles. The Morgan fingerprint density at radius 1 is 1.50 bits per heavy atom. The molecule has 5 heteroatoms. The number of pyridine rings is 1. The molecule has 0 spiro atoms. The van der Waals surface area contributed by atoms with Crippen molar-refractivity contribution in [3.8, 4) is 0 Å². The van der Waals surface area contributed by atoms with Crippen LogP contribution in [0.1, 0.15) is 12.5 Å². The van der Waals surface area contributed by atoms with Crippen molar-refractivity contribution in [3.05, 3.63) is 61.6 Å². The Morgan fingerprint density at radius 2 is 2.12 bits per heavy atom. The van der Waals surface area contributed by atoms with Crippen molar-refractivity contribution in [1.29, 1.82) is 0 Å². The minimum atomic E-state index is -0.501. The molecule has 0 aliphatic rings. The predicted molar refractivity (Wildman–Crippen MR) is 62.8 cm³/mol. The van der Waals surface area contributed by atoms with E-state index in [0.29, 0.717) is 0 Å². The first-order valence-electron chi connectivity index (χ1n) is 3.90. The molecule has 1 aromatic rings. The van der Waals surface area contributed by atoms with Crippen molar-refractivity contribution in [1.82, 2.24) is 4.57 Å². The molecule has 1 rings (SSSR count). The summed E-state index contributed by atoms with van der Waals surface area (Å²) in [6, 6.07) is 4.21. The van der Waals surface area contributed by atoms with E-state index in [4.69, 9.17) is 10.5 Å². The van der Waals surface area contributed by atoms with Crippen LogP contribution in [0.15, 0.2) is 29.2 Å². The Morgan fingerprint density at radius 3 is 2.56 bits per heavy atom. The largest absolute Gasteiger partial charge is 4.00 e. The fourth-order valence-corrected chi connectivity index (χ4v) is 1.07. The quantitative estimate of drug-likeness (QED) is 0.663. The van der Waals surface area contributed by atoms with Crippen LogP contribution in [0.5, 0.6) is 0 Å². The van der Waals surface area contributed by atoms with Crippen molar-refractivity contribution < 1.29 is 22.5 Å². The van der Waals surface area contributed by atoms with E-state index in [1.807, 2.05) is 0 Å². The molecule has 0 aliphatic heterocycles. The fourth-order valence-electron chi connectivity index (χ4n) is 1.07. The van der Waals surface area contributed by atoms with Crippen molar-refractivity contribution >= 4 is 6.21 Å². The van der Waals surface area contributed by atoms with E-state index in [1.54, 1.807) is 18.3 Å². The van der Waals surface area contributed by atoms with E-state index in [1.165, 1.54) is 10.6 Å². The number of hydrogen-bond acceptors (Lipinski definition) is 2. The summed E-state index contributed by atoms with van der Waals surface area (Å²) in [6.45, 7) is 0.883. The van der Waals surface area contributed by atoms with Gasteiger partial charge in [-0.25, -0.2) is 6.21 Å². The third kappa shape index (κ3) is 5.27. The first-order chi connectivity index (χ1) is 6.29. The number of aromatic nitrogens is 1. The zero-order valence-corrected chi connectivity index (χ0v) is 10.7. The van der Waals surface area contributed by atoms with Gasteiger partial charge >= 0.3 is 17.4 Å². The molecule has 0 radical (unpaired) electrons. The molecule has 88 valence electrons. The molecule has 0 aliphatic carbocycles. The SMILES string of the molecule is [CH3-].[CH3-].[Cr+4].[N-]=CCC([CH-]O)n1ccccc1=O. The molecule has 1 atom stereocenters. The van der Waals surface area contributed by atoms with Gasteiger partial charge < -0.3 is 29.9 Å². The van der Waals surface area contributed by atoms with Gasteiger partial charge in [-0.3, -0.25) is 4.79 Å². The van der Waals surface area contributed by atoms with Crippen LogP contribution in [0.2, 0.25) is 0 Å². The molecule has 16 heavy (non-hydrogen) atoms. The molecule has 1 N–H and O–H groups in total. The summed E-state index contributed by atoms with van der Waals surface area (Å²) in [5.74, 6) is 0. The summed E-state index contributed by atoms with van der Waals surface area (Å²) < 4.78 is 1.34. The summed E-state index contributed by atoms with van der Waals surface area (Å²) in [6.07, 6.45) is 2.68. The van der Waals surface area contributed by atoms with E-state index < -0.39 is 6.04 Å². The van der Waals surface area contributed by atoms with E-state index in [9.17, 15) is 4.79 Å². The second-order valence-electron chi connectivity index (χ2n) is 2.58. The second kappa shape index (κ2) is 10.6. The third-order valence-electron chi connectivity index (χ3n) is 1.73. The van der Waals surface area contributed by atoms with E-state index >= 15 is 0 Å². The van der Waals surface area contributed by atoms with E-state index in [0.717, 1.165) is 12.8 Å². The zero-order chi connectivity index (χ0) is 9.68. The maximum Gasteiger partial charge on any atom is 4.00 e. The molecule has 1 unspecified atom stereocenters. The molecule has 1 heterocycles. The molecule has 0 amide bonds. The summed E-state index contributed by atoms with van der Waals surface area (Å²) in [5, 5.41) is 17.4. The maximum atomic E-state index is 11.2. The van der Waals surface area contributed by atoms with Gasteiger partial charge in [0.1, 0.15) is 0 Å². The smallest absolute Gasteiger partial charge is 0.814 e. The van der Waals surface area contributed by atoms with E-state index in [2.05, 4.69) is 0 Å². The summed E-state index contributed by atoms with van der Waals surface area (Å²) in [4.78, 5) is 11.2. The van der Waals surface area contributed by atoms with Crippen LogP contribution in [-0.2, 0) is 17.4 Å². The van der Waals surface area contributed by atoms with Crippen LogP contribution in [0.4, 0.5) is 0 Å². The molecule has 4 nitrogen and oxygen atoms in total. The monoisotopic (exact) mass is 260 g/mol. The molecule has 1 aromatic heterocycles. The predicted octanol–water partition coefficient (Wildman–Crippen LogP) is 1.85. The van der Waals surface area contributed by atoms with Gasteiger partial charge in [-0.2, -0.15) is 6.61 Å². The molecule has 0 bridgehead atoms. The van der Waals surface area contributed by atoms with Gasteiger partial charge in [-0.1, -0.05) is 18.5 Å². The second-order valence-corrected chi connectivity index (χ2v) is 2.58. The van der Waals surface area contributed by atoms with Crippen LogP contribution in [0, 0.1) is 21.5 Å². The number of aliphatic hydroxyl groups is 1. The van der Waals surface area contributed by atoms with Crippen molar-refractivity contribution in [2.24, 2.45) is 0 Å². The summed E-state index contributed by atoms with van der Waals surface area (Å²) in [5.41, 5.74) is -0.209. The number of nitrogens with zero attached hydrogens (tertiary/aromatic N) is 2. The standard InChI is InChI=1S/C9H10N2O2.2CH3.Cr/c10-5-4-8(7-12)11-6-2-1-3-9(11)13;;;/h1-3,5-8,12H,4H2;2*1H3;/q-2;2*-1;+4. The molecular formula is C11H16CrN2O2. The van der Waals surface area contributed by atoms with Crippen molar-refractivity contribution in [3.63, 3.8) is 0 Å². The Labute approximate surface area is 108 Å². The first kappa shape index (κ1) is 20.5. The molecule has 0 saturated carbocycles. The van der Waals surface area contributed by atoms with Gasteiger partial charge in [0, 0.05) is 12.3 Å². The van der Waals surface area contributed by atoms with Gasteiger partial charge in [0.2, 0.25) is 5.56 Å². The number of hydrogen-bond donors (Lipinski definition) is 1. The number of rotatable bonds is 4. The summed E-state index contributed by atoms with van der Waals surface area (Å²) >= 11 is 0. The maximum absolute atomic E-state index is 11.2. The average molecular weight is 260 g/mol. The molecule has 0 fully saturated rings. The summed E-state index contributed by atoms with van der Waals surface area (Å²) in [7, 11) is 0. The number of aliphatic hydroxyl groups excluding tert-OH is 1. The molecular weight excluding hydrogens is 244 g/mol. The van der Waals surface area contributed by atoms with Gasteiger partial charge in [-0.15, -0.1) is 0 Å². The van der Waals surface area contributed by atoms with Crippen LogP contribution in [0.25, 0.3) is 5.41 Å². The third-order valence-corrected chi connectivity index (χ3v) is 1.73. The van der Waals surface area contributed by atoms with Gasteiger partial charge in [0.25, 0.3) is 0 Å². The van der Waals surface area contributed by atoms with Gasteiger partial charge in [0.15, 0.2) is 0 Å². The Bertz CT molecular complexity index is 339. The Hall–Kier alpha value is -0.888. The average Bonchev–Trinajstić information content (AvgIpc) is 2.16. The minimum Gasteiger partial charge on any atom is -0.814 e. The van der Waals surface area contributed by atoms with Crippen LogP contribution >= 0.6 is 0 Å². The topological polar surface area (TPSA) is 64.5 Å². The van der Waals surface area contributed by atoms with Gasteiger partial charge in [-0.05, 0) is 6.07 Å². The van der Waals surface area contributed by atoms with E-state index in [-0.39, 0.29) is 44.2 Å². The minimum absolute atomic E-state index is 0. The Balaban J connectivity index is -0.000000563. The van der Waals surface area contributed by atoms with Crippen LogP contribution in [-0.4, -0.2) is 15.9 Å². The van der Waals surface area contributed by atoms with Crippen molar-refractivity contribution in [2.45, 2.75) is 12.5 Å². The normalized spacial score (nSPS) is 10.1. The van der Waals surface area contributed by atoms with Crippen LogP contribution in [0.3, 0.4) is 0 Å². The molecule has 0 aromatic carbocycles. The Kier molecular flexibility index (Phi) is 13.6.